The van der Waals surface area contributed by atoms with E-state index in [0.717, 1.165) is 10.0 Å². The van der Waals surface area contributed by atoms with E-state index in [0.29, 0.717) is 5.76 Å². The maximum Gasteiger partial charge on any atom is 0.301 e. The van der Waals surface area contributed by atoms with E-state index in [9.17, 15) is 0 Å². The second kappa shape index (κ2) is 3.64. The summed E-state index contributed by atoms with van der Waals surface area (Å²) < 4.78 is 6.11. The van der Waals surface area contributed by atoms with Crippen molar-refractivity contribution in [3.05, 3.63) is 40.8 Å². The highest BCUT2D eigenvalue weighted by Crippen LogP contribution is 2.27. The monoisotopic (exact) mass is 248 g/mol. The van der Waals surface area contributed by atoms with Gasteiger partial charge in [0.2, 0.25) is 0 Å². The van der Waals surface area contributed by atoms with Crippen LogP contribution in [0, 0.1) is 11.3 Å². The van der Waals surface area contributed by atoms with Crippen molar-refractivity contribution in [2.45, 2.75) is 0 Å². The summed E-state index contributed by atoms with van der Waals surface area (Å²) in [5.41, 5.74) is 0.890. The number of halogens is 1. The molecular formula is C10H5BrN2O. The zero-order chi connectivity index (χ0) is 9.97. The molecule has 0 amide bonds. The van der Waals surface area contributed by atoms with Crippen LogP contribution in [0.2, 0.25) is 0 Å². The van der Waals surface area contributed by atoms with E-state index in [1.807, 2.05) is 30.3 Å². The molecule has 3 nitrogen and oxygen atoms in total. The Balaban J connectivity index is 2.51. The Kier molecular flexibility index (Phi) is 2.33. The van der Waals surface area contributed by atoms with Crippen LogP contribution in [-0.2, 0) is 0 Å². The first-order valence-electron chi connectivity index (χ1n) is 3.92. The molecule has 0 saturated carbocycles. The van der Waals surface area contributed by atoms with Gasteiger partial charge in [-0.25, -0.2) is 4.98 Å². The summed E-state index contributed by atoms with van der Waals surface area (Å²) in [7, 11) is 0. The fourth-order valence-electron chi connectivity index (χ4n) is 1.11. The van der Waals surface area contributed by atoms with Crippen molar-refractivity contribution in [1.82, 2.24) is 4.98 Å². The minimum absolute atomic E-state index is 0.0794. The van der Waals surface area contributed by atoms with E-state index < -0.39 is 0 Å². The molecule has 1 aromatic heterocycles. The number of hydrogen-bond donors (Lipinski definition) is 0. The van der Waals surface area contributed by atoms with Gasteiger partial charge in [-0.2, -0.15) is 5.26 Å². The van der Waals surface area contributed by atoms with E-state index in [1.54, 1.807) is 6.20 Å². The standard InChI is InChI=1S/C10H5BrN2O/c11-8-4-2-1-3-7(8)9-6-13-10(5-12)14-9/h1-4,6H. The van der Waals surface area contributed by atoms with Gasteiger partial charge in [-0.3, -0.25) is 0 Å². The van der Waals surface area contributed by atoms with Crippen molar-refractivity contribution in [2.24, 2.45) is 0 Å². The first-order chi connectivity index (χ1) is 6.81. The minimum Gasteiger partial charge on any atom is -0.428 e. The molecule has 2 aromatic rings. The Hall–Kier alpha value is -1.60. The summed E-state index contributed by atoms with van der Waals surface area (Å²) in [5.74, 6) is 0.671. The van der Waals surface area contributed by atoms with E-state index in [2.05, 4.69) is 20.9 Å². The Bertz CT molecular complexity index is 499. The maximum absolute atomic E-state index is 8.55. The van der Waals surface area contributed by atoms with Crippen LogP contribution in [0.15, 0.2) is 39.4 Å². The molecule has 0 aliphatic carbocycles. The van der Waals surface area contributed by atoms with Crippen molar-refractivity contribution >= 4 is 15.9 Å². The largest absolute Gasteiger partial charge is 0.428 e. The maximum atomic E-state index is 8.55. The fraction of sp³-hybridized carbons (Fsp3) is 0. The zero-order valence-electron chi connectivity index (χ0n) is 7.07. The lowest BCUT2D eigenvalue weighted by atomic mass is 10.2. The predicted molar refractivity (Wildman–Crippen MR) is 54.4 cm³/mol. The Labute approximate surface area is 89.1 Å². The van der Waals surface area contributed by atoms with Gasteiger partial charge < -0.3 is 4.42 Å². The lowest BCUT2D eigenvalue weighted by Crippen LogP contribution is -1.74. The smallest absolute Gasteiger partial charge is 0.301 e. The quantitative estimate of drug-likeness (QED) is 0.780. The molecule has 0 saturated heterocycles. The molecule has 0 spiro atoms. The number of nitriles is 1. The average molecular weight is 249 g/mol. The molecule has 14 heavy (non-hydrogen) atoms. The van der Waals surface area contributed by atoms with Gasteiger partial charge in [-0.05, 0) is 6.07 Å². The van der Waals surface area contributed by atoms with Crippen molar-refractivity contribution in [3.63, 3.8) is 0 Å². The summed E-state index contributed by atoms with van der Waals surface area (Å²) in [4.78, 5) is 3.80. The van der Waals surface area contributed by atoms with E-state index >= 15 is 0 Å². The van der Waals surface area contributed by atoms with E-state index in [-0.39, 0.29) is 5.89 Å². The van der Waals surface area contributed by atoms with E-state index in [1.165, 1.54) is 0 Å². The van der Waals surface area contributed by atoms with Crippen LogP contribution < -0.4 is 0 Å². The highest BCUT2D eigenvalue weighted by molar-refractivity contribution is 9.10. The van der Waals surface area contributed by atoms with Crippen molar-refractivity contribution < 1.29 is 4.42 Å². The lowest BCUT2D eigenvalue weighted by molar-refractivity contribution is 0.555. The third-order valence-corrected chi connectivity index (χ3v) is 2.43. The SMILES string of the molecule is N#Cc1ncc(-c2ccccc2Br)o1. The zero-order valence-corrected chi connectivity index (χ0v) is 8.65. The second-order valence-corrected chi connectivity index (χ2v) is 3.48. The fourth-order valence-corrected chi connectivity index (χ4v) is 1.59. The first kappa shape index (κ1) is 8.97. The number of hydrogen-bond acceptors (Lipinski definition) is 3. The minimum atomic E-state index is 0.0794. The molecule has 0 bridgehead atoms. The van der Waals surface area contributed by atoms with Crippen LogP contribution in [0.5, 0.6) is 0 Å². The summed E-state index contributed by atoms with van der Waals surface area (Å²) in [5, 5.41) is 8.55. The van der Waals surface area contributed by atoms with Crippen LogP contribution in [0.25, 0.3) is 11.3 Å². The molecule has 1 heterocycles. The number of benzene rings is 1. The Morgan fingerprint density at radius 2 is 2.14 bits per heavy atom. The van der Waals surface area contributed by atoms with Crippen molar-refractivity contribution in [2.75, 3.05) is 0 Å². The van der Waals surface area contributed by atoms with Gasteiger partial charge >= 0.3 is 5.89 Å². The molecule has 0 N–H and O–H groups in total. The van der Waals surface area contributed by atoms with Crippen LogP contribution in [0.1, 0.15) is 5.89 Å². The molecule has 0 aliphatic heterocycles. The Morgan fingerprint density at radius 1 is 1.36 bits per heavy atom. The molecule has 0 aliphatic rings. The highest BCUT2D eigenvalue weighted by Gasteiger charge is 2.07. The van der Waals surface area contributed by atoms with E-state index in [4.69, 9.17) is 9.68 Å². The van der Waals surface area contributed by atoms with Gasteiger partial charge in [0.05, 0.1) is 6.20 Å². The summed E-state index contributed by atoms with van der Waals surface area (Å²) in [6.07, 6.45) is 1.54. The summed E-state index contributed by atoms with van der Waals surface area (Å²) >= 11 is 3.39. The van der Waals surface area contributed by atoms with Crippen LogP contribution in [0.4, 0.5) is 0 Å². The summed E-state index contributed by atoms with van der Waals surface area (Å²) in [6, 6.07) is 9.45. The highest BCUT2D eigenvalue weighted by atomic mass is 79.9. The topological polar surface area (TPSA) is 49.8 Å². The van der Waals surface area contributed by atoms with Crippen LogP contribution in [0.3, 0.4) is 0 Å². The number of nitrogens with zero attached hydrogens (tertiary/aromatic N) is 2. The third kappa shape index (κ3) is 1.54. The van der Waals surface area contributed by atoms with Gasteiger partial charge in [-0.15, -0.1) is 0 Å². The average Bonchev–Trinajstić information content (AvgIpc) is 2.67. The number of rotatable bonds is 1. The Morgan fingerprint density at radius 3 is 2.79 bits per heavy atom. The number of aromatic nitrogens is 1. The molecule has 2 rings (SSSR count). The van der Waals surface area contributed by atoms with Gasteiger partial charge in [0.25, 0.3) is 0 Å². The lowest BCUT2D eigenvalue weighted by Gasteiger charge is -1.97. The number of oxazole rings is 1. The van der Waals surface area contributed by atoms with Crippen molar-refractivity contribution in [1.29, 1.82) is 5.26 Å². The predicted octanol–water partition coefficient (Wildman–Crippen LogP) is 2.98. The molecule has 4 heteroatoms. The third-order valence-electron chi connectivity index (χ3n) is 1.74. The second-order valence-electron chi connectivity index (χ2n) is 2.62. The molecule has 0 unspecified atom stereocenters. The molecule has 0 atom stereocenters. The van der Waals surface area contributed by atoms with Gasteiger partial charge in [0, 0.05) is 10.0 Å². The first-order valence-corrected chi connectivity index (χ1v) is 4.71. The molecule has 68 valence electrons. The summed E-state index contributed by atoms with van der Waals surface area (Å²) in [6.45, 7) is 0. The van der Waals surface area contributed by atoms with Crippen LogP contribution in [-0.4, -0.2) is 4.98 Å². The van der Waals surface area contributed by atoms with Crippen molar-refractivity contribution in [3.8, 4) is 17.4 Å². The molecule has 1 aromatic carbocycles. The van der Waals surface area contributed by atoms with Gasteiger partial charge in [-0.1, -0.05) is 34.1 Å². The van der Waals surface area contributed by atoms with Crippen LogP contribution >= 0.6 is 15.9 Å². The van der Waals surface area contributed by atoms with Gasteiger partial charge in [0.1, 0.15) is 0 Å². The molecule has 0 radical (unpaired) electrons. The van der Waals surface area contributed by atoms with Gasteiger partial charge in [0.15, 0.2) is 11.8 Å². The molecule has 0 fully saturated rings. The molecular weight excluding hydrogens is 244 g/mol. The normalized spacial score (nSPS) is 9.71.